The SMILES string of the molecule is CC[C@H](NC(=O)CN(c1ccc(F)cc1)S(=O)(=O)c1ccccc1)c1ccccc1. The Labute approximate surface area is 176 Å². The molecule has 3 aromatic carbocycles. The van der Waals surface area contributed by atoms with Crippen LogP contribution in [0.4, 0.5) is 10.1 Å². The Bertz CT molecular complexity index is 1070. The third-order valence-electron chi connectivity index (χ3n) is 4.68. The maximum absolute atomic E-state index is 13.4. The second kappa shape index (κ2) is 9.54. The number of hydrogen-bond donors (Lipinski definition) is 1. The van der Waals surface area contributed by atoms with Gasteiger partial charge in [0.05, 0.1) is 16.6 Å². The van der Waals surface area contributed by atoms with Crippen LogP contribution in [0.15, 0.2) is 89.8 Å². The Hall–Kier alpha value is -3.19. The van der Waals surface area contributed by atoms with Gasteiger partial charge in [-0.15, -0.1) is 0 Å². The molecule has 0 saturated heterocycles. The Morgan fingerprint density at radius 2 is 1.50 bits per heavy atom. The van der Waals surface area contributed by atoms with Gasteiger partial charge in [0.2, 0.25) is 5.91 Å². The molecule has 1 amide bonds. The molecular formula is C23H23FN2O3S. The summed E-state index contributed by atoms with van der Waals surface area (Å²) >= 11 is 0. The zero-order chi connectivity index (χ0) is 21.6. The number of hydrogen-bond acceptors (Lipinski definition) is 3. The number of carbonyl (C=O) groups is 1. The Morgan fingerprint density at radius 3 is 2.07 bits per heavy atom. The summed E-state index contributed by atoms with van der Waals surface area (Å²) in [5.74, 6) is -0.940. The molecule has 7 heteroatoms. The van der Waals surface area contributed by atoms with Crippen molar-refractivity contribution < 1.29 is 17.6 Å². The van der Waals surface area contributed by atoms with Crippen molar-refractivity contribution in [3.63, 3.8) is 0 Å². The van der Waals surface area contributed by atoms with Crippen molar-refractivity contribution in [2.24, 2.45) is 0 Å². The summed E-state index contributed by atoms with van der Waals surface area (Å²) in [5.41, 5.74) is 1.15. The predicted octanol–water partition coefficient (Wildman–Crippen LogP) is 4.29. The molecule has 0 fully saturated rings. The molecule has 156 valence electrons. The lowest BCUT2D eigenvalue weighted by molar-refractivity contribution is -0.120. The highest BCUT2D eigenvalue weighted by Gasteiger charge is 2.27. The van der Waals surface area contributed by atoms with E-state index >= 15 is 0 Å². The van der Waals surface area contributed by atoms with Crippen LogP contribution >= 0.6 is 0 Å². The molecule has 0 aliphatic carbocycles. The highest BCUT2D eigenvalue weighted by Crippen LogP contribution is 2.24. The van der Waals surface area contributed by atoms with Crippen molar-refractivity contribution in [1.29, 1.82) is 0 Å². The fourth-order valence-corrected chi connectivity index (χ4v) is 4.56. The van der Waals surface area contributed by atoms with Gasteiger partial charge in [-0.2, -0.15) is 0 Å². The molecular weight excluding hydrogens is 403 g/mol. The molecule has 3 aromatic rings. The van der Waals surface area contributed by atoms with E-state index in [0.717, 1.165) is 9.87 Å². The molecule has 0 heterocycles. The molecule has 0 spiro atoms. The van der Waals surface area contributed by atoms with Gasteiger partial charge in [-0.25, -0.2) is 12.8 Å². The van der Waals surface area contributed by atoms with Gasteiger partial charge in [-0.05, 0) is 48.4 Å². The van der Waals surface area contributed by atoms with E-state index in [1.807, 2.05) is 37.3 Å². The van der Waals surface area contributed by atoms with E-state index in [2.05, 4.69) is 5.32 Å². The van der Waals surface area contributed by atoms with Crippen LogP contribution in [0.2, 0.25) is 0 Å². The monoisotopic (exact) mass is 426 g/mol. The molecule has 1 atom stereocenters. The van der Waals surface area contributed by atoms with E-state index in [4.69, 9.17) is 0 Å². The average molecular weight is 427 g/mol. The van der Waals surface area contributed by atoms with Crippen molar-refractivity contribution in [1.82, 2.24) is 5.32 Å². The molecule has 3 rings (SSSR count). The number of halogens is 1. The van der Waals surface area contributed by atoms with Crippen molar-refractivity contribution in [2.45, 2.75) is 24.3 Å². The Balaban J connectivity index is 1.89. The Morgan fingerprint density at radius 1 is 0.933 bits per heavy atom. The number of benzene rings is 3. The maximum Gasteiger partial charge on any atom is 0.264 e. The zero-order valence-corrected chi connectivity index (χ0v) is 17.3. The zero-order valence-electron chi connectivity index (χ0n) is 16.5. The van der Waals surface area contributed by atoms with Crippen LogP contribution in [-0.2, 0) is 14.8 Å². The number of nitrogens with one attached hydrogen (secondary N) is 1. The third-order valence-corrected chi connectivity index (χ3v) is 6.47. The predicted molar refractivity (Wildman–Crippen MR) is 115 cm³/mol. The van der Waals surface area contributed by atoms with Crippen molar-refractivity contribution >= 4 is 21.6 Å². The van der Waals surface area contributed by atoms with Crippen molar-refractivity contribution in [3.05, 3.63) is 96.3 Å². The Kier molecular flexibility index (Phi) is 6.84. The van der Waals surface area contributed by atoms with Gasteiger partial charge >= 0.3 is 0 Å². The largest absolute Gasteiger partial charge is 0.348 e. The van der Waals surface area contributed by atoms with Crippen LogP contribution < -0.4 is 9.62 Å². The van der Waals surface area contributed by atoms with Gasteiger partial charge in [0.1, 0.15) is 12.4 Å². The standard InChI is InChI=1S/C23H23FN2O3S/c1-2-22(18-9-5-3-6-10-18)25-23(27)17-26(20-15-13-19(24)14-16-20)30(28,29)21-11-7-4-8-12-21/h3-16,22H,2,17H2,1H3,(H,25,27)/t22-/m0/s1. The first-order valence-corrected chi connectivity index (χ1v) is 11.0. The lowest BCUT2D eigenvalue weighted by atomic mass is 10.0. The fraction of sp³-hybridized carbons (Fsp3) is 0.174. The molecule has 0 aliphatic rings. The molecule has 5 nitrogen and oxygen atoms in total. The number of anilines is 1. The minimum Gasteiger partial charge on any atom is -0.348 e. The van der Waals surface area contributed by atoms with Crippen molar-refractivity contribution in [2.75, 3.05) is 10.8 Å². The minimum absolute atomic E-state index is 0.0530. The van der Waals surface area contributed by atoms with Gasteiger partial charge in [-0.3, -0.25) is 9.10 Å². The number of sulfonamides is 1. The first-order chi connectivity index (χ1) is 14.4. The number of amides is 1. The second-order valence-electron chi connectivity index (χ2n) is 6.74. The van der Waals surface area contributed by atoms with Crippen LogP contribution in [0, 0.1) is 5.82 Å². The molecule has 1 N–H and O–H groups in total. The average Bonchev–Trinajstić information content (AvgIpc) is 2.77. The summed E-state index contributed by atoms with van der Waals surface area (Å²) in [7, 11) is -4.02. The lowest BCUT2D eigenvalue weighted by Crippen LogP contribution is -2.42. The molecule has 30 heavy (non-hydrogen) atoms. The van der Waals surface area contributed by atoms with Crippen LogP contribution in [0.5, 0.6) is 0 Å². The summed E-state index contributed by atoms with van der Waals surface area (Å²) in [6, 6.07) is 22.1. The van der Waals surface area contributed by atoms with Crippen LogP contribution in [0.25, 0.3) is 0 Å². The smallest absolute Gasteiger partial charge is 0.264 e. The molecule has 0 aromatic heterocycles. The number of rotatable bonds is 8. The summed E-state index contributed by atoms with van der Waals surface area (Å²) in [6.45, 7) is 1.52. The highest BCUT2D eigenvalue weighted by molar-refractivity contribution is 7.92. The van der Waals surface area contributed by atoms with E-state index in [-0.39, 0.29) is 16.6 Å². The van der Waals surface area contributed by atoms with Crippen LogP contribution in [0.3, 0.4) is 0 Å². The van der Waals surface area contributed by atoms with Gasteiger partial charge in [0.25, 0.3) is 10.0 Å². The van der Waals surface area contributed by atoms with Gasteiger partial charge < -0.3 is 5.32 Å². The second-order valence-corrected chi connectivity index (χ2v) is 8.60. The molecule has 0 bridgehead atoms. The van der Waals surface area contributed by atoms with Crippen LogP contribution in [-0.4, -0.2) is 20.9 Å². The van der Waals surface area contributed by atoms with Crippen LogP contribution in [0.1, 0.15) is 24.9 Å². The summed E-state index contributed by atoms with van der Waals surface area (Å²) in [5, 5.41) is 2.90. The van der Waals surface area contributed by atoms with Gasteiger partial charge in [0, 0.05) is 0 Å². The molecule has 0 aliphatic heterocycles. The highest BCUT2D eigenvalue weighted by atomic mass is 32.2. The van der Waals surface area contributed by atoms with E-state index in [0.29, 0.717) is 6.42 Å². The van der Waals surface area contributed by atoms with E-state index in [1.54, 1.807) is 18.2 Å². The van der Waals surface area contributed by atoms with Gasteiger partial charge in [-0.1, -0.05) is 55.5 Å². The topological polar surface area (TPSA) is 66.5 Å². The number of carbonyl (C=O) groups excluding carboxylic acids is 1. The third kappa shape index (κ3) is 5.04. The molecule has 0 radical (unpaired) electrons. The first kappa shape index (κ1) is 21.5. The van der Waals surface area contributed by atoms with E-state index < -0.39 is 28.3 Å². The number of nitrogens with zero attached hydrogens (tertiary/aromatic N) is 1. The summed E-state index contributed by atoms with van der Waals surface area (Å²) in [4.78, 5) is 12.9. The first-order valence-electron chi connectivity index (χ1n) is 9.59. The van der Waals surface area contributed by atoms with E-state index in [1.165, 1.54) is 36.4 Å². The molecule has 0 saturated carbocycles. The van der Waals surface area contributed by atoms with Crippen molar-refractivity contribution in [3.8, 4) is 0 Å². The van der Waals surface area contributed by atoms with E-state index in [9.17, 15) is 17.6 Å². The lowest BCUT2D eigenvalue weighted by Gasteiger charge is -2.25. The normalized spacial score (nSPS) is 12.2. The minimum atomic E-state index is -4.02. The maximum atomic E-state index is 13.4. The fourth-order valence-electron chi connectivity index (χ4n) is 3.12. The quantitative estimate of drug-likeness (QED) is 0.584. The summed E-state index contributed by atoms with van der Waals surface area (Å²) in [6.07, 6.45) is 0.651. The summed E-state index contributed by atoms with van der Waals surface area (Å²) < 4.78 is 40.8. The molecule has 0 unspecified atom stereocenters. The van der Waals surface area contributed by atoms with Gasteiger partial charge in [0.15, 0.2) is 0 Å².